The smallest absolute Gasteiger partial charge is 0.324 e. The van der Waals surface area contributed by atoms with Gasteiger partial charge in [0.1, 0.15) is 5.82 Å². The van der Waals surface area contributed by atoms with E-state index < -0.39 is 23.3 Å². The quantitative estimate of drug-likeness (QED) is 0.640. The molecule has 0 aliphatic heterocycles. The number of carbonyl (C=O) groups is 1. The summed E-state index contributed by atoms with van der Waals surface area (Å²) in [6, 6.07) is 9.13. The van der Waals surface area contributed by atoms with E-state index in [1.807, 2.05) is 6.92 Å². The van der Waals surface area contributed by atoms with Gasteiger partial charge in [-0.15, -0.1) is 11.8 Å². The highest BCUT2D eigenvalue weighted by molar-refractivity contribution is 8.00. The third kappa shape index (κ3) is 5.37. The van der Waals surface area contributed by atoms with E-state index in [2.05, 4.69) is 5.32 Å². The van der Waals surface area contributed by atoms with Crippen LogP contribution in [0.25, 0.3) is 0 Å². The number of carbonyl (C=O) groups excluding carboxylic acids is 1. The third-order valence-electron chi connectivity index (χ3n) is 3.39. The minimum Gasteiger partial charge on any atom is -0.324 e. The van der Waals surface area contributed by atoms with Gasteiger partial charge in [0.25, 0.3) is 0 Å². The van der Waals surface area contributed by atoms with Crippen LogP contribution in [0.3, 0.4) is 0 Å². The molecule has 0 heterocycles. The second-order valence-electron chi connectivity index (χ2n) is 5.21. The van der Waals surface area contributed by atoms with Crippen LogP contribution in [0.4, 0.5) is 23.2 Å². The molecule has 25 heavy (non-hydrogen) atoms. The van der Waals surface area contributed by atoms with Gasteiger partial charge in [0, 0.05) is 5.25 Å². The van der Waals surface area contributed by atoms with Gasteiger partial charge >= 0.3 is 6.18 Å². The average molecular weight is 392 g/mol. The molecule has 0 saturated heterocycles. The van der Waals surface area contributed by atoms with Crippen LogP contribution in [0.15, 0.2) is 42.5 Å². The van der Waals surface area contributed by atoms with E-state index in [1.165, 1.54) is 36.0 Å². The van der Waals surface area contributed by atoms with Crippen LogP contribution < -0.4 is 5.32 Å². The largest absolute Gasteiger partial charge is 0.418 e. The van der Waals surface area contributed by atoms with Gasteiger partial charge in [-0.05, 0) is 36.8 Å². The van der Waals surface area contributed by atoms with Crippen molar-refractivity contribution in [1.82, 2.24) is 0 Å². The number of alkyl halides is 3. The molecule has 0 aliphatic carbocycles. The Balaban J connectivity index is 2.02. The standard InChI is InChI=1S/C17H14ClF4NOS/c1-10(11-5-7-12(19)8-6-11)25-9-15(24)23-16-13(17(20,21)22)3-2-4-14(16)18/h2-8,10H,9H2,1H3,(H,23,24). The highest BCUT2D eigenvalue weighted by Gasteiger charge is 2.34. The molecule has 1 amide bonds. The summed E-state index contributed by atoms with van der Waals surface area (Å²) in [5.41, 5.74) is -0.630. The highest BCUT2D eigenvalue weighted by Crippen LogP contribution is 2.38. The Morgan fingerprint density at radius 1 is 1.20 bits per heavy atom. The minimum atomic E-state index is -4.62. The maximum absolute atomic E-state index is 13.0. The topological polar surface area (TPSA) is 29.1 Å². The van der Waals surface area contributed by atoms with Crippen LogP contribution in [0.2, 0.25) is 5.02 Å². The monoisotopic (exact) mass is 391 g/mol. The van der Waals surface area contributed by atoms with Crippen LogP contribution in [-0.2, 0) is 11.0 Å². The second-order valence-corrected chi connectivity index (χ2v) is 6.95. The van der Waals surface area contributed by atoms with Crippen molar-refractivity contribution >= 4 is 35.0 Å². The zero-order valence-corrected chi connectivity index (χ0v) is 14.6. The molecule has 0 saturated carbocycles. The predicted octanol–water partition coefficient (Wildman–Crippen LogP) is 5.93. The van der Waals surface area contributed by atoms with E-state index in [9.17, 15) is 22.4 Å². The van der Waals surface area contributed by atoms with Crippen LogP contribution in [-0.4, -0.2) is 11.7 Å². The molecule has 1 atom stereocenters. The summed E-state index contributed by atoms with van der Waals surface area (Å²) in [7, 11) is 0. The molecular formula is C17H14ClF4NOS. The van der Waals surface area contributed by atoms with Crippen LogP contribution in [0.5, 0.6) is 0 Å². The molecular weight excluding hydrogens is 378 g/mol. The van der Waals surface area contributed by atoms with Gasteiger partial charge < -0.3 is 5.32 Å². The summed E-state index contributed by atoms with van der Waals surface area (Å²) < 4.78 is 51.9. The molecule has 8 heteroatoms. The Labute approximate surface area is 151 Å². The lowest BCUT2D eigenvalue weighted by molar-refractivity contribution is -0.137. The normalized spacial score (nSPS) is 12.7. The van der Waals surface area contributed by atoms with Crippen molar-refractivity contribution in [3.8, 4) is 0 Å². The number of nitrogens with one attached hydrogen (secondary N) is 1. The van der Waals surface area contributed by atoms with Gasteiger partial charge in [0.2, 0.25) is 5.91 Å². The van der Waals surface area contributed by atoms with E-state index in [0.29, 0.717) is 0 Å². The molecule has 0 bridgehead atoms. The number of hydrogen-bond acceptors (Lipinski definition) is 2. The Kier molecular flexibility index (Phi) is 6.35. The van der Waals surface area contributed by atoms with E-state index in [4.69, 9.17) is 11.6 Å². The molecule has 0 spiro atoms. The molecule has 0 aromatic heterocycles. The fourth-order valence-electron chi connectivity index (χ4n) is 2.09. The lowest BCUT2D eigenvalue weighted by atomic mass is 10.1. The van der Waals surface area contributed by atoms with E-state index >= 15 is 0 Å². The Morgan fingerprint density at radius 3 is 2.44 bits per heavy atom. The van der Waals surface area contributed by atoms with Crippen LogP contribution >= 0.6 is 23.4 Å². The van der Waals surface area contributed by atoms with Crippen LogP contribution in [0, 0.1) is 5.82 Å². The molecule has 2 aromatic carbocycles. The molecule has 0 radical (unpaired) electrons. The zero-order chi connectivity index (χ0) is 18.6. The van der Waals surface area contributed by atoms with Crippen molar-refractivity contribution in [2.75, 3.05) is 11.1 Å². The molecule has 2 nitrogen and oxygen atoms in total. The van der Waals surface area contributed by atoms with Gasteiger partial charge in [-0.2, -0.15) is 13.2 Å². The maximum Gasteiger partial charge on any atom is 0.418 e. The van der Waals surface area contributed by atoms with Gasteiger partial charge in [0.05, 0.1) is 22.0 Å². The SMILES string of the molecule is CC(SCC(=O)Nc1c(Cl)cccc1C(F)(F)F)c1ccc(F)cc1. The van der Waals surface area contributed by atoms with E-state index in [1.54, 1.807) is 12.1 Å². The van der Waals surface area contributed by atoms with Crippen molar-refractivity contribution in [2.24, 2.45) is 0 Å². The highest BCUT2D eigenvalue weighted by atomic mass is 35.5. The zero-order valence-electron chi connectivity index (χ0n) is 13.0. The molecule has 134 valence electrons. The first-order valence-electron chi connectivity index (χ1n) is 7.21. The summed E-state index contributed by atoms with van der Waals surface area (Å²) in [5, 5.41) is 1.92. The molecule has 1 N–H and O–H groups in total. The lowest BCUT2D eigenvalue weighted by Crippen LogP contribution is -2.19. The fraction of sp³-hybridized carbons (Fsp3) is 0.235. The molecule has 0 fully saturated rings. The number of thioether (sulfide) groups is 1. The van der Waals surface area contributed by atoms with Crippen molar-refractivity contribution < 1.29 is 22.4 Å². The van der Waals surface area contributed by atoms with Crippen LogP contribution in [0.1, 0.15) is 23.3 Å². The molecule has 2 aromatic rings. The summed E-state index contributed by atoms with van der Waals surface area (Å²) in [6.07, 6.45) is -4.62. The van der Waals surface area contributed by atoms with Gasteiger partial charge in [-0.3, -0.25) is 4.79 Å². The Bertz CT molecular complexity index is 749. The first kappa shape index (κ1) is 19.6. The maximum atomic E-state index is 13.0. The van der Waals surface area contributed by atoms with Gasteiger partial charge in [-0.25, -0.2) is 4.39 Å². The summed E-state index contributed by atoms with van der Waals surface area (Å²) in [4.78, 5) is 12.0. The summed E-state index contributed by atoms with van der Waals surface area (Å²) in [6.45, 7) is 1.82. The van der Waals surface area contributed by atoms with E-state index in [-0.39, 0.29) is 21.8 Å². The second kappa shape index (κ2) is 8.10. The number of amides is 1. The molecule has 1 unspecified atom stereocenters. The Morgan fingerprint density at radius 2 is 1.84 bits per heavy atom. The third-order valence-corrected chi connectivity index (χ3v) is 4.90. The van der Waals surface area contributed by atoms with E-state index in [0.717, 1.165) is 11.6 Å². The minimum absolute atomic E-state index is 0.0684. The van der Waals surface area contributed by atoms with Gasteiger partial charge in [0.15, 0.2) is 0 Å². The number of benzene rings is 2. The van der Waals surface area contributed by atoms with Crippen molar-refractivity contribution in [1.29, 1.82) is 0 Å². The fourth-order valence-corrected chi connectivity index (χ4v) is 3.14. The Hall–Kier alpha value is -1.73. The van der Waals surface area contributed by atoms with Gasteiger partial charge in [-0.1, -0.05) is 29.8 Å². The number of halogens is 5. The molecule has 2 rings (SSSR count). The molecule has 0 aliphatic rings. The van der Waals surface area contributed by atoms with Crippen molar-refractivity contribution in [2.45, 2.75) is 18.3 Å². The lowest BCUT2D eigenvalue weighted by Gasteiger charge is -2.16. The summed E-state index contributed by atoms with van der Waals surface area (Å²) >= 11 is 7.02. The number of rotatable bonds is 5. The number of hydrogen-bond donors (Lipinski definition) is 1. The first-order valence-corrected chi connectivity index (χ1v) is 8.64. The average Bonchev–Trinajstić information content (AvgIpc) is 2.54. The predicted molar refractivity (Wildman–Crippen MR) is 92.4 cm³/mol. The van der Waals surface area contributed by atoms with Crippen molar-refractivity contribution in [3.05, 3.63) is 64.4 Å². The number of anilines is 1. The first-order chi connectivity index (χ1) is 11.7. The summed E-state index contributed by atoms with van der Waals surface area (Å²) in [5.74, 6) is -1.03. The van der Waals surface area contributed by atoms with Crippen molar-refractivity contribution in [3.63, 3.8) is 0 Å². The number of para-hydroxylation sites is 1.